The van der Waals surface area contributed by atoms with Crippen LogP contribution in [0.3, 0.4) is 0 Å². The van der Waals surface area contributed by atoms with Gasteiger partial charge in [0.15, 0.2) is 0 Å². The lowest BCUT2D eigenvalue weighted by Gasteiger charge is -2.24. The van der Waals surface area contributed by atoms with Crippen molar-refractivity contribution in [2.24, 2.45) is 11.3 Å². The normalized spacial score (nSPS) is 19.1. The number of nitrogens with zero attached hydrogens (tertiary/aromatic N) is 3. The van der Waals surface area contributed by atoms with Crippen molar-refractivity contribution in [1.29, 1.82) is 0 Å². The molecule has 20 heavy (non-hydrogen) atoms. The van der Waals surface area contributed by atoms with Gasteiger partial charge in [0, 0.05) is 13.1 Å². The van der Waals surface area contributed by atoms with Crippen molar-refractivity contribution in [3.8, 4) is 0 Å². The third kappa shape index (κ3) is 2.58. The van der Waals surface area contributed by atoms with Crippen molar-refractivity contribution in [1.82, 2.24) is 9.97 Å². The van der Waals surface area contributed by atoms with Gasteiger partial charge < -0.3 is 4.90 Å². The molecule has 3 rings (SSSR count). The average Bonchev–Trinajstić information content (AvgIpc) is 2.82. The van der Waals surface area contributed by atoms with Gasteiger partial charge in [-0.05, 0) is 36.1 Å². The number of hydrazine groups is 1. The summed E-state index contributed by atoms with van der Waals surface area (Å²) in [6.07, 6.45) is 3.66. The van der Waals surface area contributed by atoms with Crippen LogP contribution in [0.5, 0.6) is 0 Å². The first kappa shape index (κ1) is 13.6. The number of nitrogens with two attached hydrogens (primary N) is 1. The molecule has 1 fully saturated rings. The summed E-state index contributed by atoms with van der Waals surface area (Å²) < 4.78 is 0. The Bertz CT molecular complexity index is 607. The minimum absolute atomic E-state index is 0.421. The molecule has 1 aliphatic heterocycles. The molecule has 3 heterocycles. The molecule has 2 aromatic rings. The highest BCUT2D eigenvalue weighted by Crippen LogP contribution is 2.34. The van der Waals surface area contributed by atoms with Crippen molar-refractivity contribution in [3.05, 3.63) is 11.4 Å². The minimum Gasteiger partial charge on any atom is -0.356 e. The molecule has 108 valence electrons. The van der Waals surface area contributed by atoms with Crippen molar-refractivity contribution in [3.63, 3.8) is 0 Å². The lowest BCUT2D eigenvalue weighted by atomic mass is 9.85. The van der Waals surface area contributed by atoms with Crippen molar-refractivity contribution < 1.29 is 0 Å². The summed E-state index contributed by atoms with van der Waals surface area (Å²) in [6.45, 7) is 6.79. The summed E-state index contributed by atoms with van der Waals surface area (Å²) in [5.74, 6) is 7.01. The van der Waals surface area contributed by atoms with Gasteiger partial charge in [-0.1, -0.05) is 13.8 Å². The summed E-state index contributed by atoms with van der Waals surface area (Å²) in [5.41, 5.74) is 3.00. The second-order valence-electron chi connectivity index (χ2n) is 6.16. The lowest BCUT2D eigenvalue weighted by molar-refractivity contribution is 0.325. The number of nitrogen functional groups attached to an aromatic ring is 1. The molecule has 1 saturated heterocycles. The molecule has 0 spiro atoms. The molecule has 0 unspecified atom stereocenters. The topological polar surface area (TPSA) is 67.1 Å². The molecule has 0 bridgehead atoms. The third-order valence-electron chi connectivity index (χ3n) is 4.07. The van der Waals surface area contributed by atoms with Crippen LogP contribution in [-0.4, -0.2) is 23.1 Å². The van der Waals surface area contributed by atoms with Gasteiger partial charge in [0.05, 0.1) is 5.39 Å². The van der Waals surface area contributed by atoms with Crippen LogP contribution in [0.15, 0.2) is 11.4 Å². The lowest BCUT2D eigenvalue weighted by Crippen LogP contribution is -2.26. The zero-order valence-electron chi connectivity index (χ0n) is 12.0. The zero-order valence-corrected chi connectivity index (χ0v) is 12.8. The first-order chi connectivity index (χ1) is 9.59. The van der Waals surface area contributed by atoms with Crippen LogP contribution in [0, 0.1) is 5.41 Å². The molecule has 2 aromatic heterocycles. The highest BCUT2D eigenvalue weighted by atomic mass is 32.1. The van der Waals surface area contributed by atoms with E-state index in [2.05, 4.69) is 45.6 Å². The molecule has 6 heteroatoms. The van der Waals surface area contributed by atoms with Gasteiger partial charge in [-0.2, -0.15) is 4.98 Å². The third-order valence-corrected chi connectivity index (χ3v) is 4.88. The number of fused-ring (bicyclic) bond motifs is 1. The van der Waals surface area contributed by atoms with Gasteiger partial charge in [0.2, 0.25) is 5.95 Å². The van der Waals surface area contributed by atoms with Crippen LogP contribution in [0.1, 0.15) is 33.1 Å². The smallest absolute Gasteiger partial charge is 0.240 e. The monoisotopic (exact) mass is 291 g/mol. The van der Waals surface area contributed by atoms with Gasteiger partial charge in [-0.25, -0.2) is 10.8 Å². The second kappa shape index (κ2) is 5.18. The molecule has 0 amide bonds. The molecule has 0 atom stereocenters. The van der Waals surface area contributed by atoms with E-state index in [-0.39, 0.29) is 0 Å². The maximum atomic E-state index is 5.49. The van der Waals surface area contributed by atoms with Crippen LogP contribution in [-0.2, 0) is 0 Å². The maximum absolute atomic E-state index is 5.49. The molecule has 5 nitrogen and oxygen atoms in total. The number of nitrogens with one attached hydrogen (secondary N) is 1. The molecule has 0 aromatic carbocycles. The molecular weight excluding hydrogens is 270 g/mol. The molecule has 3 N–H and O–H groups in total. The number of hydrogen-bond acceptors (Lipinski definition) is 6. The van der Waals surface area contributed by atoms with Crippen LogP contribution < -0.4 is 16.2 Å². The quantitative estimate of drug-likeness (QED) is 0.657. The fraction of sp³-hybridized carbons (Fsp3) is 0.571. The second-order valence-corrected chi connectivity index (χ2v) is 7.05. The minimum atomic E-state index is 0.421. The van der Waals surface area contributed by atoms with Crippen LogP contribution in [0.2, 0.25) is 0 Å². The number of thiophene rings is 1. The van der Waals surface area contributed by atoms with E-state index in [4.69, 9.17) is 5.84 Å². The van der Waals surface area contributed by atoms with Crippen LogP contribution >= 0.6 is 11.3 Å². The van der Waals surface area contributed by atoms with E-state index in [1.165, 1.54) is 19.3 Å². The van der Waals surface area contributed by atoms with Crippen LogP contribution in [0.25, 0.3) is 10.2 Å². The van der Waals surface area contributed by atoms with Gasteiger partial charge in [0.25, 0.3) is 0 Å². The van der Waals surface area contributed by atoms with Crippen LogP contribution in [0.4, 0.5) is 11.8 Å². The number of hydrogen-bond donors (Lipinski definition) is 2. The molecule has 0 aliphatic carbocycles. The molecule has 0 radical (unpaired) electrons. The Hall–Kier alpha value is -1.40. The SMILES string of the molecule is CC1(C)CCCN(c2nc(NN)nc3sccc23)CC1. The Morgan fingerprint density at radius 2 is 2.15 bits per heavy atom. The van der Waals surface area contributed by atoms with Crippen molar-refractivity contribution >= 4 is 33.3 Å². The molecular formula is C14H21N5S. The van der Waals surface area contributed by atoms with Crippen molar-refractivity contribution in [2.45, 2.75) is 33.1 Å². The Kier molecular flexibility index (Phi) is 3.52. The van der Waals surface area contributed by atoms with E-state index in [0.717, 1.165) is 29.1 Å². The fourth-order valence-corrected chi connectivity index (χ4v) is 3.54. The average molecular weight is 291 g/mol. The Morgan fingerprint density at radius 1 is 1.30 bits per heavy atom. The maximum Gasteiger partial charge on any atom is 0.240 e. The first-order valence-corrected chi connectivity index (χ1v) is 7.94. The number of rotatable bonds is 2. The van der Waals surface area contributed by atoms with Gasteiger partial charge in [-0.15, -0.1) is 11.3 Å². The van der Waals surface area contributed by atoms with Gasteiger partial charge in [0.1, 0.15) is 10.6 Å². The summed E-state index contributed by atoms with van der Waals surface area (Å²) in [4.78, 5) is 12.4. The predicted octanol–water partition coefficient (Wildman–Crippen LogP) is 2.99. The largest absolute Gasteiger partial charge is 0.356 e. The first-order valence-electron chi connectivity index (χ1n) is 7.06. The summed E-state index contributed by atoms with van der Waals surface area (Å²) in [7, 11) is 0. The Morgan fingerprint density at radius 3 is 2.95 bits per heavy atom. The summed E-state index contributed by atoms with van der Waals surface area (Å²) in [6, 6.07) is 2.10. The number of aromatic nitrogens is 2. The van der Waals surface area contributed by atoms with Crippen molar-refractivity contribution in [2.75, 3.05) is 23.4 Å². The highest BCUT2D eigenvalue weighted by molar-refractivity contribution is 7.16. The van der Waals surface area contributed by atoms with E-state index in [9.17, 15) is 0 Å². The van der Waals surface area contributed by atoms with Gasteiger partial charge in [-0.3, -0.25) is 5.43 Å². The fourth-order valence-electron chi connectivity index (χ4n) is 2.78. The van der Waals surface area contributed by atoms with E-state index < -0.39 is 0 Å². The summed E-state index contributed by atoms with van der Waals surface area (Å²) in [5, 5.41) is 3.19. The number of anilines is 2. The van der Waals surface area contributed by atoms with Gasteiger partial charge >= 0.3 is 0 Å². The van der Waals surface area contributed by atoms with E-state index in [1.807, 2.05) is 0 Å². The van der Waals surface area contributed by atoms with E-state index in [0.29, 0.717) is 11.4 Å². The zero-order chi connectivity index (χ0) is 14.2. The predicted molar refractivity (Wildman–Crippen MR) is 85.1 cm³/mol. The Balaban J connectivity index is 1.98. The molecule has 1 aliphatic rings. The summed E-state index contributed by atoms with van der Waals surface area (Å²) >= 11 is 1.63. The molecule has 0 saturated carbocycles. The standard InChI is InChI=1S/C14H21N5S/c1-14(2)5-3-7-19(8-6-14)11-10-4-9-20-12(10)17-13(16-11)18-15/h4,9H,3,5-8,15H2,1-2H3,(H,16,17,18). The van der Waals surface area contributed by atoms with E-state index >= 15 is 0 Å². The highest BCUT2D eigenvalue weighted by Gasteiger charge is 2.25. The Labute approximate surface area is 123 Å². The van der Waals surface area contributed by atoms with E-state index in [1.54, 1.807) is 11.3 Å².